The summed E-state index contributed by atoms with van der Waals surface area (Å²) in [5.41, 5.74) is 2.13. The second-order valence-electron chi connectivity index (χ2n) is 3.63. The second kappa shape index (κ2) is 4.23. The van der Waals surface area contributed by atoms with Crippen molar-refractivity contribution in [3.8, 4) is 10.8 Å². The summed E-state index contributed by atoms with van der Waals surface area (Å²) < 4.78 is 4.62. The van der Waals surface area contributed by atoms with Crippen LogP contribution in [0.3, 0.4) is 0 Å². The first kappa shape index (κ1) is 10.9. The third-order valence-corrected chi connectivity index (χ3v) is 3.34. The van der Waals surface area contributed by atoms with Gasteiger partial charge in [0.05, 0.1) is 18.1 Å². The van der Waals surface area contributed by atoms with Crippen molar-refractivity contribution in [2.45, 2.75) is 0 Å². The van der Waals surface area contributed by atoms with Crippen LogP contribution in [0.4, 0.5) is 0 Å². The Balaban J connectivity index is 2.03. The van der Waals surface area contributed by atoms with E-state index in [1.54, 1.807) is 5.38 Å². The first-order chi connectivity index (χ1) is 8.78. The highest BCUT2D eigenvalue weighted by Gasteiger charge is 2.14. The number of aromatic amines is 1. The van der Waals surface area contributed by atoms with Gasteiger partial charge >= 0.3 is 5.97 Å². The van der Waals surface area contributed by atoms with Crippen LogP contribution >= 0.6 is 11.3 Å². The van der Waals surface area contributed by atoms with Gasteiger partial charge in [0.2, 0.25) is 0 Å². The predicted molar refractivity (Wildman–Crippen MR) is 68.5 cm³/mol. The minimum atomic E-state index is -0.436. The Bertz CT molecular complexity index is 684. The van der Waals surface area contributed by atoms with E-state index in [1.165, 1.54) is 18.4 Å². The summed E-state index contributed by atoms with van der Waals surface area (Å²) in [6.07, 6.45) is 0. The Morgan fingerprint density at radius 3 is 2.94 bits per heavy atom. The van der Waals surface area contributed by atoms with Crippen LogP contribution in [-0.2, 0) is 4.74 Å². The van der Waals surface area contributed by atoms with Crippen molar-refractivity contribution in [1.29, 1.82) is 0 Å². The fourth-order valence-corrected chi connectivity index (χ4v) is 2.37. The number of hydrogen-bond donors (Lipinski definition) is 1. The number of nitrogens with zero attached hydrogens (tertiary/aromatic N) is 2. The predicted octanol–water partition coefficient (Wildman–Crippen LogP) is 2.47. The van der Waals surface area contributed by atoms with Crippen LogP contribution < -0.4 is 0 Å². The Kier molecular flexibility index (Phi) is 2.56. The lowest BCUT2D eigenvalue weighted by Crippen LogP contribution is -2.01. The van der Waals surface area contributed by atoms with Gasteiger partial charge in [0.15, 0.2) is 16.5 Å². The number of esters is 1. The minimum absolute atomic E-state index is 0.304. The number of hydrogen-bond acceptors (Lipinski definition) is 5. The highest BCUT2D eigenvalue weighted by Crippen LogP contribution is 2.23. The molecule has 0 saturated carbocycles. The number of H-pyrrole nitrogens is 1. The standard InChI is InChI=1S/C12H9N3O2S/c1-17-12(16)9-6-18-11(15-9)10-13-7-4-2-3-5-8(7)14-10/h2-6H,1H3,(H,13,14). The Morgan fingerprint density at radius 1 is 1.33 bits per heavy atom. The van der Waals surface area contributed by atoms with Crippen molar-refractivity contribution in [2.24, 2.45) is 0 Å². The molecular formula is C12H9N3O2S. The summed E-state index contributed by atoms with van der Waals surface area (Å²) in [6.45, 7) is 0. The molecule has 1 N–H and O–H groups in total. The third kappa shape index (κ3) is 1.76. The molecule has 2 aromatic heterocycles. The van der Waals surface area contributed by atoms with Gasteiger partial charge in [0, 0.05) is 5.38 Å². The molecular weight excluding hydrogens is 250 g/mol. The largest absolute Gasteiger partial charge is 0.464 e. The Hall–Kier alpha value is -2.21. The molecule has 0 saturated heterocycles. The summed E-state index contributed by atoms with van der Waals surface area (Å²) in [4.78, 5) is 23.1. The van der Waals surface area contributed by atoms with Gasteiger partial charge < -0.3 is 9.72 Å². The van der Waals surface area contributed by atoms with Gasteiger partial charge in [-0.2, -0.15) is 0 Å². The molecule has 1 aromatic carbocycles. The highest BCUT2D eigenvalue weighted by molar-refractivity contribution is 7.13. The zero-order chi connectivity index (χ0) is 12.5. The van der Waals surface area contributed by atoms with Crippen LogP contribution in [0.1, 0.15) is 10.5 Å². The molecule has 0 radical (unpaired) electrons. The maximum absolute atomic E-state index is 11.3. The van der Waals surface area contributed by atoms with E-state index in [2.05, 4.69) is 19.7 Å². The molecule has 0 bridgehead atoms. The van der Waals surface area contributed by atoms with E-state index in [4.69, 9.17) is 0 Å². The lowest BCUT2D eigenvalue weighted by Gasteiger charge is -1.91. The number of rotatable bonds is 2. The molecule has 0 amide bonds. The van der Waals surface area contributed by atoms with Crippen molar-refractivity contribution in [1.82, 2.24) is 15.0 Å². The maximum atomic E-state index is 11.3. The van der Waals surface area contributed by atoms with Crippen molar-refractivity contribution >= 4 is 28.3 Å². The van der Waals surface area contributed by atoms with Gasteiger partial charge in [-0.3, -0.25) is 0 Å². The second-order valence-corrected chi connectivity index (χ2v) is 4.49. The lowest BCUT2D eigenvalue weighted by atomic mass is 10.3. The van der Waals surface area contributed by atoms with Crippen LogP contribution in [0.25, 0.3) is 21.9 Å². The normalized spacial score (nSPS) is 10.7. The summed E-state index contributed by atoms with van der Waals surface area (Å²) in [7, 11) is 1.34. The Morgan fingerprint density at radius 2 is 2.17 bits per heavy atom. The van der Waals surface area contributed by atoms with E-state index in [0.29, 0.717) is 16.5 Å². The number of methoxy groups -OCH3 is 1. The average Bonchev–Trinajstić information content (AvgIpc) is 3.03. The van der Waals surface area contributed by atoms with E-state index < -0.39 is 5.97 Å². The number of aromatic nitrogens is 3. The van der Waals surface area contributed by atoms with Crippen molar-refractivity contribution < 1.29 is 9.53 Å². The summed E-state index contributed by atoms with van der Waals surface area (Å²) in [5.74, 6) is 0.227. The number of thiazole rings is 1. The van der Waals surface area contributed by atoms with Crippen LogP contribution in [0.5, 0.6) is 0 Å². The van der Waals surface area contributed by atoms with Crippen LogP contribution in [-0.4, -0.2) is 28.0 Å². The molecule has 0 aliphatic heterocycles. The molecule has 90 valence electrons. The number of fused-ring (bicyclic) bond motifs is 1. The molecule has 6 heteroatoms. The van der Waals surface area contributed by atoms with Gasteiger partial charge in [-0.15, -0.1) is 11.3 Å². The quantitative estimate of drug-likeness (QED) is 0.718. The molecule has 0 atom stereocenters. The zero-order valence-corrected chi connectivity index (χ0v) is 10.3. The van der Waals surface area contributed by atoms with E-state index in [0.717, 1.165) is 11.0 Å². The molecule has 3 aromatic rings. The average molecular weight is 259 g/mol. The molecule has 0 aliphatic carbocycles. The van der Waals surface area contributed by atoms with Crippen LogP contribution in [0.2, 0.25) is 0 Å². The first-order valence-corrected chi connectivity index (χ1v) is 6.15. The summed E-state index contributed by atoms with van der Waals surface area (Å²) in [6, 6.07) is 7.73. The number of ether oxygens (including phenoxy) is 1. The monoisotopic (exact) mass is 259 g/mol. The SMILES string of the molecule is COC(=O)c1csc(-c2nc3ccccc3[nH]2)n1. The molecule has 2 heterocycles. The van der Waals surface area contributed by atoms with Crippen LogP contribution in [0.15, 0.2) is 29.6 Å². The Labute approximate surface area is 106 Å². The minimum Gasteiger partial charge on any atom is -0.464 e. The van der Waals surface area contributed by atoms with E-state index >= 15 is 0 Å². The number of para-hydroxylation sites is 2. The summed E-state index contributed by atoms with van der Waals surface area (Å²) >= 11 is 1.36. The number of carbonyl (C=O) groups is 1. The first-order valence-electron chi connectivity index (χ1n) is 5.27. The van der Waals surface area contributed by atoms with Crippen molar-refractivity contribution in [3.05, 3.63) is 35.3 Å². The topological polar surface area (TPSA) is 67.9 Å². The van der Waals surface area contributed by atoms with Gasteiger partial charge in [-0.05, 0) is 12.1 Å². The van der Waals surface area contributed by atoms with E-state index in [9.17, 15) is 4.79 Å². The van der Waals surface area contributed by atoms with E-state index in [1.807, 2.05) is 24.3 Å². The number of imidazole rings is 1. The molecule has 0 fully saturated rings. The van der Waals surface area contributed by atoms with Crippen LogP contribution in [0, 0.1) is 0 Å². The van der Waals surface area contributed by atoms with E-state index in [-0.39, 0.29) is 0 Å². The lowest BCUT2D eigenvalue weighted by molar-refractivity contribution is 0.0595. The van der Waals surface area contributed by atoms with Gasteiger partial charge in [0.1, 0.15) is 0 Å². The molecule has 0 aliphatic rings. The number of carbonyl (C=O) groups excluding carboxylic acids is 1. The zero-order valence-electron chi connectivity index (χ0n) is 9.51. The molecule has 3 rings (SSSR count). The third-order valence-electron chi connectivity index (χ3n) is 2.49. The summed E-state index contributed by atoms with van der Waals surface area (Å²) in [5, 5.41) is 2.33. The van der Waals surface area contributed by atoms with Gasteiger partial charge in [0.25, 0.3) is 0 Å². The smallest absolute Gasteiger partial charge is 0.357 e. The number of benzene rings is 1. The van der Waals surface area contributed by atoms with Gasteiger partial charge in [-0.25, -0.2) is 14.8 Å². The maximum Gasteiger partial charge on any atom is 0.357 e. The molecule has 18 heavy (non-hydrogen) atoms. The van der Waals surface area contributed by atoms with Crippen molar-refractivity contribution in [2.75, 3.05) is 7.11 Å². The highest BCUT2D eigenvalue weighted by atomic mass is 32.1. The van der Waals surface area contributed by atoms with Gasteiger partial charge in [-0.1, -0.05) is 12.1 Å². The number of nitrogens with one attached hydrogen (secondary N) is 1. The molecule has 0 unspecified atom stereocenters. The fourth-order valence-electron chi connectivity index (χ4n) is 1.63. The molecule has 0 spiro atoms. The fraction of sp³-hybridized carbons (Fsp3) is 0.0833. The molecule has 5 nitrogen and oxygen atoms in total. The van der Waals surface area contributed by atoms with Crippen molar-refractivity contribution in [3.63, 3.8) is 0 Å².